The average molecular weight is 778 g/mol. The van der Waals surface area contributed by atoms with Crippen LogP contribution >= 0.6 is 0 Å². The van der Waals surface area contributed by atoms with Crippen molar-refractivity contribution in [3.63, 3.8) is 0 Å². The van der Waals surface area contributed by atoms with Crippen LogP contribution in [0.1, 0.15) is 74.1 Å². The fraction of sp³-hybridized carbons (Fsp3) is 0.333. The van der Waals surface area contributed by atoms with Crippen LogP contribution in [-0.2, 0) is 24.9 Å². The molecular formula is C39H41IrN2O3-. The first kappa shape index (κ1) is 32.7. The van der Waals surface area contributed by atoms with E-state index in [2.05, 4.69) is 72.8 Å². The number of furan rings is 1. The van der Waals surface area contributed by atoms with Crippen molar-refractivity contribution >= 4 is 66.1 Å². The largest absolute Gasteiger partial charge is 0.511 e. The van der Waals surface area contributed by atoms with Crippen molar-refractivity contribution in [1.82, 2.24) is 9.38 Å². The molecule has 7 aromatic rings. The molecule has 0 amide bonds. The average Bonchev–Trinajstić information content (AvgIpc) is 3.62. The minimum Gasteiger partial charge on any atom is -0.511 e. The number of allylic oxidation sites excluding steroid dienone is 2. The topological polar surface area (TPSA) is 67.7 Å². The molecule has 0 aliphatic rings. The smallest absolute Gasteiger partial charge is 0.167 e. The van der Waals surface area contributed by atoms with Crippen LogP contribution in [0.25, 0.3) is 60.3 Å². The summed E-state index contributed by atoms with van der Waals surface area (Å²) >= 11 is 0. The summed E-state index contributed by atoms with van der Waals surface area (Å²) in [5, 5.41) is 16.1. The van der Waals surface area contributed by atoms with Gasteiger partial charge >= 0.3 is 0 Å². The van der Waals surface area contributed by atoms with Crippen molar-refractivity contribution in [2.45, 2.75) is 74.1 Å². The number of hydrogen-bond acceptors (Lipinski definition) is 4. The van der Waals surface area contributed by atoms with Gasteiger partial charge in [0, 0.05) is 47.4 Å². The molecule has 1 N–H and O–H groups in total. The van der Waals surface area contributed by atoms with Crippen LogP contribution in [-0.4, -0.2) is 20.3 Å². The Balaban J connectivity index is 0.000000189. The van der Waals surface area contributed by atoms with Gasteiger partial charge in [0.2, 0.25) is 0 Å². The second-order valence-corrected chi connectivity index (χ2v) is 12.6. The number of hydrogen-bond donors (Lipinski definition) is 1. The van der Waals surface area contributed by atoms with Crippen LogP contribution in [0.4, 0.5) is 0 Å². The van der Waals surface area contributed by atoms with E-state index in [1.165, 1.54) is 10.8 Å². The zero-order valence-electron chi connectivity index (χ0n) is 27.2. The number of aliphatic hydroxyl groups is 1. The normalized spacial score (nSPS) is 13.0. The van der Waals surface area contributed by atoms with Gasteiger partial charge in [0.25, 0.3) is 0 Å². The first-order valence-electron chi connectivity index (χ1n) is 15.8. The van der Waals surface area contributed by atoms with Crippen molar-refractivity contribution < 1.29 is 34.4 Å². The summed E-state index contributed by atoms with van der Waals surface area (Å²) in [6, 6.07) is 26.3. The molecule has 0 bridgehead atoms. The van der Waals surface area contributed by atoms with E-state index in [4.69, 9.17) is 9.40 Å². The summed E-state index contributed by atoms with van der Waals surface area (Å²) in [7, 11) is 0. The molecule has 5 nitrogen and oxygen atoms in total. The third kappa shape index (κ3) is 5.03. The standard InChI is InChI=1S/C23H11N2O.C16H30O2.Ir/c1-2-8-16-15(7-1)24-23-14-6-3-5-13-11-12-19-22(20(13)14)21-17(25(16)23)9-4-10-18(21)26-19;1-8-15(6,9-2)13(17)12(5)14(18)16(7,10-3)11-4;/h1-5,7-12H;17H,8-11H2,1-7H3;/q-1;;/b;13-12-;. The van der Waals surface area contributed by atoms with Crippen molar-refractivity contribution in [3.8, 4) is 0 Å². The van der Waals surface area contributed by atoms with E-state index in [1.807, 2.05) is 45.9 Å². The molecule has 45 heavy (non-hydrogen) atoms. The van der Waals surface area contributed by atoms with Gasteiger partial charge in [0.15, 0.2) is 5.78 Å². The summed E-state index contributed by atoms with van der Waals surface area (Å²) in [5.41, 5.74) is 5.89. The maximum atomic E-state index is 12.5. The monoisotopic (exact) mass is 778 g/mol. The van der Waals surface area contributed by atoms with Crippen LogP contribution in [0.5, 0.6) is 0 Å². The van der Waals surface area contributed by atoms with E-state index in [-0.39, 0.29) is 42.5 Å². The molecule has 4 aromatic carbocycles. The zero-order valence-corrected chi connectivity index (χ0v) is 29.6. The van der Waals surface area contributed by atoms with Crippen LogP contribution in [0, 0.1) is 16.9 Å². The van der Waals surface area contributed by atoms with Crippen molar-refractivity contribution in [2.75, 3.05) is 0 Å². The number of aliphatic hydroxyl groups excluding tert-OH is 1. The minimum absolute atomic E-state index is 0. The van der Waals surface area contributed by atoms with Gasteiger partial charge in [-0.15, -0.1) is 23.6 Å². The molecule has 0 saturated carbocycles. The summed E-state index contributed by atoms with van der Waals surface area (Å²) in [5.74, 6) is 0.378. The Morgan fingerprint density at radius 3 is 2.16 bits per heavy atom. The minimum atomic E-state index is -0.347. The molecule has 0 saturated heterocycles. The molecule has 0 spiro atoms. The summed E-state index contributed by atoms with van der Waals surface area (Å²) in [4.78, 5) is 17.5. The maximum Gasteiger partial charge on any atom is 0.167 e. The number of ketones is 1. The molecule has 1 radical (unpaired) electrons. The quantitative estimate of drug-likeness (QED) is 0.0994. The van der Waals surface area contributed by atoms with Gasteiger partial charge in [-0.25, -0.2) is 0 Å². The van der Waals surface area contributed by atoms with E-state index in [9.17, 15) is 9.90 Å². The predicted molar refractivity (Wildman–Crippen MR) is 183 cm³/mol. The first-order chi connectivity index (χ1) is 21.1. The number of carbonyl (C=O) groups is 1. The molecule has 0 aliphatic heterocycles. The number of Topliss-reactive ketones (excluding diaryl/α,β-unsaturated/α-hetero) is 1. The van der Waals surface area contributed by atoms with Crippen LogP contribution < -0.4 is 0 Å². The number of carbonyl (C=O) groups excluding carboxylic acids is 1. The number of aromatic nitrogens is 2. The zero-order chi connectivity index (χ0) is 31.4. The third-order valence-electron chi connectivity index (χ3n) is 10.4. The van der Waals surface area contributed by atoms with E-state index in [1.54, 1.807) is 6.92 Å². The number of nitrogens with zero attached hydrogens (tertiary/aromatic N) is 2. The molecule has 3 heterocycles. The van der Waals surface area contributed by atoms with Gasteiger partial charge in [-0.1, -0.05) is 76.6 Å². The van der Waals surface area contributed by atoms with Gasteiger partial charge in [-0.05, 0) is 68.3 Å². The Hall–Kier alpha value is -3.73. The van der Waals surface area contributed by atoms with Gasteiger partial charge in [0.1, 0.15) is 16.9 Å². The maximum absolute atomic E-state index is 12.5. The Kier molecular flexibility index (Phi) is 8.87. The summed E-state index contributed by atoms with van der Waals surface area (Å²) < 4.78 is 8.43. The predicted octanol–water partition coefficient (Wildman–Crippen LogP) is 11.0. The van der Waals surface area contributed by atoms with Gasteiger partial charge < -0.3 is 13.9 Å². The van der Waals surface area contributed by atoms with E-state index in [0.717, 1.165) is 75.2 Å². The van der Waals surface area contributed by atoms with Crippen LogP contribution in [0.2, 0.25) is 0 Å². The molecule has 6 heteroatoms. The van der Waals surface area contributed by atoms with Crippen LogP contribution in [0.3, 0.4) is 0 Å². The van der Waals surface area contributed by atoms with E-state index in [0.29, 0.717) is 5.57 Å². The Morgan fingerprint density at radius 2 is 1.47 bits per heavy atom. The third-order valence-corrected chi connectivity index (χ3v) is 10.4. The van der Waals surface area contributed by atoms with Gasteiger partial charge in [-0.3, -0.25) is 9.78 Å². The number of benzene rings is 4. The molecule has 3 aromatic heterocycles. The number of imidazole rings is 1. The second kappa shape index (κ2) is 12.2. The molecule has 7 rings (SSSR count). The Bertz CT molecular complexity index is 2190. The van der Waals surface area contributed by atoms with Crippen molar-refractivity contribution in [2.24, 2.45) is 10.8 Å². The second-order valence-electron chi connectivity index (χ2n) is 12.6. The van der Waals surface area contributed by atoms with Crippen LogP contribution in [0.15, 0.2) is 82.5 Å². The van der Waals surface area contributed by atoms with E-state index < -0.39 is 0 Å². The fourth-order valence-electron chi connectivity index (χ4n) is 6.57. The molecule has 0 unspecified atom stereocenters. The first-order valence-corrected chi connectivity index (χ1v) is 15.8. The molecular weight excluding hydrogens is 737 g/mol. The molecule has 235 valence electrons. The van der Waals surface area contributed by atoms with Gasteiger partial charge in [0.05, 0.1) is 16.7 Å². The van der Waals surface area contributed by atoms with E-state index >= 15 is 0 Å². The summed E-state index contributed by atoms with van der Waals surface area (Å²) in [6.45, 7) is 13.9. The molecule has 0 fully saturated rings. The number of rotatable bonds is 7. The molecule has 0 atom stereocenters. The Labute approximate surface area is 278 Å². The van der Waals surface area contributed by atoms with Crippen molar-refractivity contribution in [3.05, 3.63) is 84.1 Å². The number of fused-ring (bicyclic) bond motifs is 5. The Morgan fingerprint density at radius 1 is 0.822 bits per heavy atom. The fourth-order valence-corrected chi connectivity index (χ4v) is 6.57. The SMILES string of the molecule is CCC(C)(CC)C(=O)/C(C)=C(\O)C(C)(CC)CC.[Ir].[c-]1ccc2ccc3oc4cccc5c4c3c2c1c1nc2ccccc2n51. The number of para-hydroxylation sites is 2. The van der Waals surface area contributed by atoms with Crippen molar-refractivity contribution in [1.29, 1.82) is 0 Å². The summed E-state index contributed by atoms with van der Waals surface area (Å²) in [6.07, 6.45) is 3.30. The van der Waals surface area contributed by atoms with Gasteiger partial charge in [-0.2, -0.15) is 0 Å². The molecule has 0 aliphatic carbocycles.